The van der Waals surface area contributed by atoms with E-state index < -0.39 is 16.9 Å². The molecule has 2 fully saturated rings. The third kappa shape index (κ3) is 0.991. The van der Waals surface area contributed by atoms with E-state index in [1.54, 1.807) is 10.9 Å². The van der Waals surface area contributed by atoms with Crippen molar-refractivity contribution in [1.82, 2.24) is 19.5 Å². The van der Waals surface area contributed by atoms with E-state index >= 15 is 0 Å². The van der Waals surface area contributed by atoms with Gasteiger partial charge in [0, 0.05) is 0 Å². The smallest absolute Gasteiger partial charge is 0.166 e. The summed E-state index contributed by atoms with van der Waals surface area (Å²) in [5, 5.41) is 20.1. The van der Waals surface area contributed by atoms with Crippen molar-refractivity contribution < 1.29 is 10.2 Å². The van der Waals surface area contributed by atoms with Crippen LogP contribution in [-0.2, 0) is 0 Å². The van der Waals surface area contributed by atoms with Gasteiger partial charge in [0.1, 0.15) is 11.8 Å². The van der Waals surface area contributed by atoms with E-state index in [9.17, 15) is 10.2 Å². The van der Waals surface area contributed by atoms with Crippen LogP contribution in [0, 0.1) is 23.2 Å². The molecule has 106 valence electrons. The van der Waals surface area contributed by atoms with Gasteiger partial charge in [-0.05, 0) is 5.57 Å². The van der Waals surface area contributed by atoms with Crippen LogP contribution in [0.1, 0.15) is 6.04 Å². The Morgan fingerprint density at radius 3 is 2.86 bits per heavy atom. The summed E-state index contributed by atoms with van der Waals surface area (Å²) in [5.74, 6) is 2.87. The quantitative estimate of drug-likeness (QED) is 0.506. The standard InChI is InChI=1S/C14H13N5O2/c1-3-13-7(2)9(14(13,4-20)12(13)21)19-6-18-8-10(15)16-5-17-11(8)19/h1,5-6,9,12,20-21H,2,4H2,(H2,15,16,17)/t9-,12?,13+,14+/m0/s1. The van der Waals surface area contributed by atoms with Crippen LogP contribution in [0.2, 0.25) is 0 Å². The van der Waals surface area contributed by atoms with Crippen molar-refractivity contribution in [3.8, 4) is 12.3 Å². The minimum absolute atomic E-state index is 0.234. The zero-order chi connectivity index (χ0) is 15.0. The van der Waals surface area contributed by atoms with E-state index in [4.69, 9.17) is 12.2 Å². The third-order valence-corrected chi connectivity index (χ3v) is 5.03. The monoisotopic (exact) mass is 283 g/mol. The van der Waals surface area contributed by atoms with Crippen molar-refractivity contribution >= 4 is 17.0 Å². The first-order chi connectivity index (χ1) is 10.1. The highest BCUT2D eigenvalue weighted by molar-refractivity contribution is 5.82. The predicted octanol–water partition coefficient (Wildman–Crippen LogP) is -0.508. The lowest BCUT2D eigenvalue weighted by atomic mass is 9.66. The average Bonchev–Trinajstić information content (AvgIpc) is 2.73. The minimum Gasteiger partial charge on any atom is -0.396 e. The van der Waals surface area contributed by atoms with Gasteiger partial charge in [-0.1, -0.05) is 12.5 Å². The first-order valence-electron chi connectivity index (χ1n) is 6.45. The summed E-state index contributed by atoms with van der Waals surface area (Å²) in [6, 6.07) is -0.354. The third-order valence-electron chi connectivity index (χ3n) is 5.03. The summed E-state index contributed by atoms with van der Waals surface area (Å²) in [6.07, 6.45) is 7.65. The molecule has 2 aliphatic carbocycles. The maximum Gasteiger partial charge on any atom is 0.166 e. The number of aromatic nitrogens is 4. The Kier molecular flexibility index (Phi) is 2.01. The number of nitrogens with two attached hydrogens (primary N) is 1. The number of nitrogens with zero attached hydrogens (tertiary/aromatic N) is 4. The molecular weight excluding hydrogens is 270 g/mol. The van der Waals surface area contributed by atoms with Crippen LogP contribution in [0.3, 0.4) is 0 Å². The van der Waals surface area contributed by atoms with Crippen molar-refractivity contribution in [1.29, 1.82) is 0 Å². The minimum atomic E-state index is -0.846. The van der Waals surface area contributed by atoms with E-state index in [-0.39, 0.29) is 18.5 Å². The number of nitrogen functional groups attached to an aromatic ring is 1. The number of hydrogen-bond acceptors (Lipinski definition) is 6. The lowest BCUT2D eigenvalue weighted by molar-refractivity contribution is 0.0884. The van der Waals surface area contributed by atoms with Crippen molar-refractivity contribution in [2.75, 3.05) is 12.3 Å². The molecule has 0 radical (unpaired) electrons. The van der Waals surface area contributed by atoms with Gasteiger partial charge < -0.3 is 20.5 Å². The Balaban J connectivity index is 1.90. The summed E-state index contributed by atoms with van der Waals surface area (Å²) in [7, 11) is 0. The predicted molar refractivity (Wildman–Crippen MR) is 74.7 cm³/mol. The second kappa shape index (κ2) is 3.42. The van der Waals surface area contributed by atoms with Crippen molar-refractivity contribution in [3.05, 3.63) is 24.8 Å². The molecule has 4 atom stereocenters. The van der Waals surface area contributed by atoms with E-state index in [0.29, 0.717) is 16.7 Å². The van der Waals surface area contributed by atoms with Crippen LogP contribution in [0.25, 0.3) is 11.2 Å². The van der Waals surface area contributed by atoms with Crippen molar-refractivity contribution in [2.45, 2.75) is 12.1 Å². The molecular formula is C14H13N5O2. The molecule has 2 heterocycles. The Morgan fingerprint density at radius 2 is 2.24 bits per heavy atom. The largest absolute Gasteiger partial charge is 0.396 e. The van der Waals surface area contributed by atoms with Crippen LogP contribution in [-0.4, -0.2) is 42.4 Å². The van der Waals surface area contributed by atoms with Gasteiger partial charge >= 0.3 is 0 Å². The molecule has 0 saturated heterocycles. The molecule has 0 aromatic carbocycles. The van der Waals surface area contributed by atoms with Gasteiger partial charge in [-0.3, -0.25) is 0 Å². The van der Waals surface area contributed by atoms with Gasteiger partial charge in [-0.2, -0.15) is 0 Å². The molecule has 0 bridgehead atoms. The van der Waals surface area contributed by atoms with Crippen LogP contribution in [0.4, 0.5) is 5.82 Å². The highest BCUT2D eigenvalue weighted by Crippen LogP contribution is 2.83. The van der Waals surface area contributed by atoms with E-state index in [1.807, 2.05) is 0 Å². The molecule has 0 aliphatic heterocycles. The molecule has 7 nitrogen and oxygen atoms in total. The Hall–Kier alpha value is -2.43. The molecule has 0 spiro atoms. The van der Waals surface area contributed by atoms with Gasteiger partial charge in [-0.25, -0.2) is 15.0 Å². The number of hydrogen-bond donors (Lipinski definition) is 3. The fraction of sp³-hybridized carbons (Fsp3) is 0.357. The molecule has 4 rings (SSSR count). The van der Waals surface area contributed by atoms with Gasteiger partial charge in [-0.15, -0.1) is 6.42 Å². The second-order valence-corrected chi connectivity index (χ2v) is 5.56. The average molecular weight is 283 g/mol. The number of aliphatic hydroxyl groups is 2. The van der Waals surface area contributed by atoms with E-state index in [1.165, 1.54) is 6.33 Å². The number of anilines is 1. The summed E-state index contributed by atoms with van der Waals surface area (Å²) >= 11 is 0. The number of rotatable bonds is 2. The molecule has 2 aliphatic rings. The second-order valence-electron chi connectivity index (χ2n) is 5.56. The highest BCUT2D eigenvalue weighted by atomic mass is 16.3. The summed E-state index contributed by atoms with van der Waals surface area (Å²) in [6.45, 7) is 3.77. The van der Waals surface area contributed by atoms with Gasteiger partial charge in [0.2, 0.25) is 0 Å². The number of fused-ring (bicyclic) bond motifs is 2. The Bertz CT molecular complexity index is 837. The fourth-order valence-corrected chi connectivity index (χ4v) is 3.90. The van der Waals surface area contributed by atoms with Crippen LogP contribution < -0.4 is 5.73 Å². The Labute approximate surface area is 120 Å². The topological polar surface area (TPSA) is 110 Å². The lowest BCUT2D eigenvalue weighted by Gasteiger charge is -2.42. The molecule has 2 aromatic rings. The number of aliphatic hydroxyl groups excluding tert-OH is 2. The zero-order valence-electron chi connectivity index (χ0n) is 11.1. The van der Waals surface area contributed by atoms with Gasteiger partial charge in [0.15, 0.2) is 11.5 Å². The van der Waals surface area contributed by atoms with Crippen molar-refractivity contribution in [3.63, 3.8) is 0 Å². The molecule has 21 heavy (non-hydrogen) atoms. The number of terminal acetylenes is 1. The molecule has 2 saturated carbocycles. The summed E-state index contributed by atoms with van der Waals surface area (Å²) in [5.41, 5.74) is 5.81. The van der Waals surface area contributed by atoms with E-state index in [0.717, 1.165) is 0 Å². The number of imidazole rings is 1. The van der Waals surface area contributed by atoms with Crippen LogP contribution >= 0.6 is 0 Å². The first-order valence-corrected chi connectivity index (χ1v) is 6.45. The fourth-order valence-electron chi connectivity index (χ4n) is 3.90. The highest BCUT2D eigenvalue weighted by Gasteiger charge is 2.89. The summed E-state index contributed by atoms with van der Waals surface area (Å²) < 4.78 is 1.75. The van der Waals surface area contributed by atoms with Gasteiger partial charge in [0.05, 0.1) is 35.9 Å². The van der Waals surface area contributed by atoms with Crippen LogP contribution in [0.5, 0.6) is 0 Å². The molecule has 1 unspecified atom stereocenters. The molecule has 0 amide bonds. The maximum atomic E-state index is 10.3. The van der Waals surface area contributed by atoms with Gasteiger partial charge in [0.25, 0.3) is 0 Å². The zero-order valence-corrected chi connectivity index (χ0v) is 11.1. The molecule has 2 aromatic heterocycles. The van der Waals surface area contributed by atoms with Crippen LogP contribution in [0.15, 0.2) is 24.8 Å². The first kappa shape index (κ1) is 12.3. The molecule has 4 N–H and O–H groups in total. The van der Waals surface area contributed by atoms with E-state index in [2.05, 4.69) is 27.5 Å². The van der Waals surface area contributed by atoms with Crippen molar-refractivity contribution in [2.24, 2.45) is 10.8 Å². The summed E-state index contributed by atoms with van der Waals surface area (Å²) in [4.78, 5) is 12.3. The maximum absolute atomic E-state index is 10.3. The lowest BCUT2D eigenvalue weighted by Crippen LogP contribution is -2.42. The normalized spacial score (nSPS) is 36.9. The Morgan fingerprint density at radius 1 is 1.48 bits per heavy atom. The SMILES string of the molecule is C#C[C@]12C(=C)[C@H](n3cnc4c(N)ncnc43)[C@]1(CO)C2O. The molecule has 7 heteroatoms.